The minimum absolute atomic E-state index is 0.0761. The third-order valence-electron chi connectivity index (χ3n) is 4.66. The highest BCUT2D eigenvalue weighted by molar-refractivity contribution is 5.37. The molecule has 0 spiro atoms. The molecule has 3 aromatic rings. The van der Waals surface area contributed by atoms with E-state index in [0.29, 0.717) is 6.54 Å². The Morgan fingerprint density at radius 2 is 1.52 bits per heavy atom. The van der Waals surface area contributed by atoms with Crippen LogP contribution >= 0.6 is 0 Å². The third-order valence-corrected chi connectivity index (χ3v) is 4.66. The second-order valence-corrected chi connectivity index (χ2v) is 6.72. The normalized spacial score (nSPS) is 18.2. The highest BCUT2D eigenvalue weighted by Gasteiger charge is 2.32. The summed E-state index contributed by atoms with van der Waals surface area (Å²) in [6.45, 7) is 2.79. The van der Waals surface area contributed by atoms with Crippen LogP contribution in [0.4, 0.5) is 0 Å². The lowest BCUT2D eigenvalue weighted by molar-refractivity contribution is 0.254. The van der Waals surface area contributed by atoms with E-state index in [-0.39, 0.29) is 12.1 Å². The standard InChI is InChI=1S/C24H21N3/c1-19-12-14-21(15-13-19)18-27-23(17-16-20-8-4-2-5-9-20)24(25-26-27)22-10-6-3-7-11-22/h2-15,23-24H,18H2,1H3. The molecule has 0 aromatic heterocycles. The molecular weight excluding hydrogens is 330 g/mol. The molecular formula is C24H21N3. The van der Waals surface area contributed by atoms with Crippen LogP contribution in [-0.4, -0.2) is 11.1 Å². The highest BCUT2D eigenvalue weighted by Crippen LogP contribution is 2.32. The SMILES string of the molecule is Cc1ccc(CN2N=NC(c3ccccc3)C2C#Cc2ccccc2)cc1. The quantitative estimate of drug-likeness (QED) is 0.585. The Hall–Kier alpha value is -3.38. The molecule has 3 aromatic carbocycles. The molecule has 4 rings (SSSR count). The molecule has 3 heteroatoms. The first-order valence-corrected chi connectivity index (χ1v) is 9.14. The van der Waals surface area contributed by atoms with Crippen LogP contribution in [0.1, 0.15) is 28.3 Å². The largest absolute Gasteiger partial charge is 0.257 e. The van der Waals surface area contributed by atoms with Gasteiger partial charge in [0.15, 0.2) is 0 Å². The van der Waals surface area contributed by atoms with Gasteiger partial charge in [0.25, 0.3) is 0 Å². The lowest BCUT2D eigenvalue weighted by Crippen LogP contribution is -2.29. The number of hydrogen-bond donors (Lipinski definition) is 0. The predicted octanol–water partition coefficient (Wildman–Crippen LogP) is 5.34. The predicted molar refractivity (Wildman–Crippen MR) is 108 cm³/mol. The van der Waals surface area contributed by atoms with Crippen LogP contribution in [0.5, 0.6) is 0 Å². The van der Waals surface area contributed by atoms with Crippen molar-refractivity contribution in [2.45, 2.75) is 25.6 Å². The Morgan fingerprint density at radius 1 is 0.852 bits per heavy atom. The molecule has 1 heterocycles. The van der Waals surface area contributed by atoms with Crippen molar-refractivity contribution in [3.63, 3.8) is 0 Å². The lowest BCUT2D eigenvalue weighted by atomic mass is 9.99. The van der Waals surface area contributed by atoms with E-state index in [1.807, 2.05) is 53.5 Å². The fourth-order valence-electron chi connectivity index (χ4n) is 3.15. The van der Waals surface area contributed by atoms with Gasteiger partial charge in [-0.3, -0.25) is 5.01 Å². The van der Waals surface area contributed by atoms with Crippen LogP contribution in [0.2, 0.25) is 0 Å². The summed E-state index contributed by atoms with van der Waals surface area (Å²) >= 11 is 0. The minimum atomic E-state index is -0.0890. The molecule has 0 saturated carbocycles. The molecule has 0 bridgehead atoms. The highest BCUT2D eigenvalue weighted by atomic mass is 15.6. The summed E-state index contributed by atoms with van der Waals surface area (Å²) in [6, 6.07) is 28.7. The van der Waals surface area contributed by atoms with Gasteiger partial charge in [-0.1, -0.05) is 95.4 Å². The Kier molecular flexibility index (Phi) is 4.98. The zero-order valence-corrected chi connectivity index (χ0v) is 15.3. The van der Waals surface area contributed by atoms with Crippen molar-refractivity contribution in [3.8, 4) is 11.8 Å². The maximum Gasteiger partial charge on any atom is 0.138 e. The maximum absolute atomic E-state index is 4.54. The van der Waals surface area contributed by atoms with Gasteiger partial charge in [-0.2, -0.15) is 5.11 Å². The zero-order valence-electron chi connectivity index (χ0n) is 15.3. The first kappa shape index (κ1) is 17.1. The van der Waals surface area contributed by atoms with Crippen molar-refractivity contribution >= 4 is 0 Å². The maximum atomic E-state index is 4.54. The number of nitrogens with zero attached hydrogens (tertiary/aromatic N) is 3. The Balaban J connectivity index is 1.62. The van der Waals surface area contributed by atoms with Gasteiger partial charge in [0.2, 0.25) is 0 Å². The second-order valence-electron chi connectivity index (χ2n) is 6.72. The summed E-state index contributed by atoms with van der Waals surface area (Å²) < 4.78 is 0. The topological polar surface area (TPSA) is 28.0 Å². The lowest BCUT2D eigenvalue weighted by Gasteiger charge is -2.21. The Bertz CT molecular complexity index is 967. The summed E-state index contributed by atoms with van der Waals surface area (Å²) in [7, 11) is 0. The van der Waals surface area contributed by atoms with Crippen LogP contribution in [0.15, 0.2) is 95.3 Å². The van der Waals surface area contributed by atoms with Crippen LogP contribution in [0.3, 0.4) is 0 Å². The molecule has 3 nitrogen and oxygen atoms in total. The smallest absolute Gasteiger partial charge is 0.138 e. The molecule has 0 aliphatic carbocycles. The van der Waals surface area contributed by atoms with Crippen LogP contribution in [0.25, 0.3) is 0 Å². The first-order chi connectivity index (χ1) is 13.3. The van der Waals surface area contributed by atoms with Gasteiger partial charge in [-0.05, 0) is 30.2 Å². The van der Waals surface area contributed by atoms with Crippen molar-refractivity contribution in [1.82, 2.24) is 5.01 Å². The van der Waals surface area contributed by atoms with Gasteiger partial charge in [0, 0.05) is 5.56 Å². The van der Waals surface area contributed by atoms with E-state index >= 15 is 0 Å². The first-order valence-electron chi connectivity index (χ1n) is 9.14. The van der Waals surface area contributed by atoms with Gasteiger partial charge in [0.05, 0.1) is 6.54 Å². The molecule has 0 fully saturated rings. The fraction of sp³-hybridized carbons (Fsp3) is 0.167. The molecule has 2 atom stereocenters. The average Bonchev–Trinajstić information content (AvgIpc) is 3.12. The summed E-state index contributed by atoms with van der Waals surface area (Å²) in [5.74, 6) is 6.72. The van der Waals surface area contributed by atoms with Gasteiger partial charge < -0.3 is 0 Å². The van der Waals surface area contributed by atoms with Crippen LogP contribution in [-0.2, 0) is 6.54 Å². The monoisotopic (exact) mass is 351 g/mol. The van der Waals surface area contributed by atoms with Crippen molar-refractivity contribution in [1.29, 1.82) is 0 Å². The zero-order chi connectivity index (χ0) is 18.5. The van der Waals surface area contributed by atoms with Crippen molar-refractivity contribution in [2.24, 2.45) is 10.3 Å². The summed E-state index contributed by atoms with van der Waals surface area (Å²) in [5.41, 5.74) is 4.61. The molecule has 0 N–H and O–H groups in total. The van der Waals surface area contributed by atoms with E-state index < -0.39 is 0 Å². The molecule has 0 saturated heterocycles. The second kappa shape index (κ2) is 7.88. The third kappa shape index (κ3) is 4.07. The molecule has 1 aliphatic rings. The number of rotatable bonds is 3. The number of benzene rings is 3. The molecule has 132 valence electrons. The Morgan fingerprint density at radius 3 is 2.22 bits per heavy atom. The molecule has 2 unspecified atom stereocenters. The molecule has 27 heavy (non-hydrogen) atoms. The molecule has 0 radical (unpaired) electrons. The molecule has 0 amide bonds. The van der Waals surface area contributed by atoms with E-state index in [4.69, 9.17) is 0 Å². The number of hydrogen-bond acceptors (Lipinski definition) is 3. The van der Waals surface area contributed by atoms with E-state index in [0.717, 1.165) is 11.1 Å². The van der Waals surface area contributed by atoms with Crippen molar-refractivity contribution < 1.29 is 0 Å². The molecule has 1 aliphatic heterocycles. The summed E-state index contributed by atoms with van der Waals surface area (Å²) in [4.78, 5) is 0. The summed E-state index contributed by atoms with van der Waals surface area (Å²) in [5, 5.41) is 11.0. The van der Waals surface area contributed by atoms with Crippen molar-refractivity contribution in [2.75, 3.05) is 0 Å². The fourth-order valence-corrected chi connectivity index (χ4v) is 3.15. The van der Waals surface area contributed by atoms with Crippen LogP contribution in [0, 0.1) is 18.8 Å². The van der Waals surface area contributed by atoms with E-state index in [1.54, 1.807) is 0 Å². The van der Waals surface area contributed by atoms with Gasteiger partial charge in [0.1, 0.15) is 12.1 Å². The van der Waals surface area contributed by atoms with E-state index in [2.05, 4.69) is 65.5 Å². The summed E-state index contributed by atoms with van der Waals surface area (Å²) in [6.07, 6.45) is 0. The van der Waals surface area contributed by atoms with Crippen LogP contribution < -0.4 is 0 Å². The van der Waals surface area contributed by atoms with E-state index in [1.165, 1.54) is 11.1 Å². The number of aryl methyl sites for hydroxylation is 1. The van der Waals surface area contributed by atoms with Gasteiger partial charge in [-0.15, -0.1) is 0 Å². The van der Waals surface area contributed by atoms with E-state index in [9.17, 15) is 0 Å². The minimum Gasteiger partial charge on any atom is -0.257 e. The Labute approximate surface area is 160 Å². The van der Waals surface area contributed by atoms with Gasteiger partial charge >= 0.3 is 0 Å². The average molecular weight is 351 g/mol. The van der Waals surface area contributed by atoms with Crippen molar-refractivity contribution in [3.05, 3.63) is 107 Å². The van der Waals surface area contributed by atoms with Gasteiger partial charge in [-0.25, -0.2) is 0 Å².